The minimum Gasteiger partial charge on any atom is -0.497 e. The highest BCUT2D eigenvalue weighted by atomic mass is 127. The largest absolute Gasteiger partial charge is 0.497 e. The summed E-state index contributed by atoms with van der Waals surface area (Å²) < 4.78 is 24.2. The van der Waals surface area contributed by atoms with Crippen LogP contribution in [-0.2, 0) is 13.0 Å². The van der Waals surface area contributed by atoms with E-state index in [1.54, 1.807) is 26.3 Å². The van der Waals surface area contributed by atoms with E-state index in [1.165, 1.54) is 6.07 Å². The molecule has 3 rings (SSSR count). The van der Waals surface area contributed by atoms with E-state index in [0.29, 0.717) is 29.8 Å². The standard InChI is InChI=1S/C23H28FN5O2.HI/c1-25-23(27-16-18-8-5-6-9-20(18)24)26-15-7-3-4-10-21-28-22(29-31-21)17-11-13-19(30-2)14-12-17;/h5-6,8-9,11-14H,3-4,7,10,15-16H2,1-2H3,(H2,25,26,27);1H. The number of nitrogens with zero attached hydrogens (tertiary/aromatic N) is 3. The minimum absolute atomic E-state index is 0. The summed E-state index contributed by atoms with van der Waals surface area (Å²) in [5.74, 6) is 2.45. The smallest absolute Gasteiger partial charge is 0.226 e. The Bertz CT molecular complexity index is 979. The lowest BCUT2D eigenvalue weighted by Crippen LogP contribution is -2.37. The quantitative estimate of drug-likeness (QED) is 0.166. The number of ether oxygens (including phenoxy) is 1. The van der Waals surface area contributed by atoms with E-state index in [0.717, 1.165) is 43.5 Å². The van der Waals surface area contributed by atoms with Crippen LogP contribution in [-0.4, -0.2) is 36.8 Å². The van der Waals surface area contributed by atoms with Crippen LogP contribution in [0.5, 0.6) is 5.75 Å². The summed E-state index contributed by atoms with van der Waals surface area (Å²) in [7, 11) is 3.34. The van der Waals surface area contributed by atoms with Crippen molar-refractivity contribution in [2.24, 2.45) is 4.99 Å². The first-order valence-corrected chi connectivity index (χ1v) is 10.3. The van der Waals surface area contributed by atoms with E-state index < -0.39 is 0 Å². The lowest BCUT2D eigenvalue weighted by Gasteiger charge is -2.12. The fourth-order valence-electron chi connectivity index (χ4n) is 3.04. The first-order chi connectivity index (χ1) is 15.2. The molecule has 3 aromatic rings. The van der Waals surface area contributed by atoms with Crippen molar-refractivity contribution in [1.82, 2.24) is 20.8 Å². The molecule has 1 heterocycles. The number of unbranched alkanes of at least 4 members (excludes halogenated alkanes) is 2. The van der Waals surface area contributed by atoms with E-state index in [1.807, 2.05) is 30.3 Å². The van der Waals surface area contributed by atoms with Gasteiger partial charge in [0.1, 0.15) is 11.6 Å². The molecule has 32 heavy (non-hydrogen) atoms. The maximum Gasteiger partial charge on any atom is 0.226 e. The molecule has 7 nitrogen and oxygen atoms in total. The molecular formula is C23H29FIN5O2. The molecule has 2 N–H and O–H groups in total. The molecule has 0 bridgehead atoms. The van der Waals surface area contributed by atoms with Crippen molar-refractivity contribution < 1.29 is 13.7 Å². The van der Waals surface area contributed by atoms with Crippen molar-refractivity contribution in [1.29, 1.82) is 0 Å². The average molecular weight is 553 g/mol. The predicted octanol–water partition coefficient (Wildman–Crippen LogP) is 4.58. The normalized spacial score (nSPS) is 11.0. The first-order valence-electron chi connectivity index (χ1n) is 10.3. The van der Waals surface area contributed by atoms with Crippen LogP contribution in [0, 0.1) is 5.82 Å². The Labute approximate surface area is 204 Å². The highest BCUT2D eigenvalue weighted by Crippen LogP contribution is 2.20. The van der Waals surface area contributed by atoms with Crippen molar-refractivity contribution in [3.63, 3.8) is 0 Å². The second kappa shape index (κ2) is 13.7. The zero-order valence-corrected chi connectivity index (χ0v) is 20.6. The van der Waals surface area contributed by atoms with Crippen LogP contribution < -0.4 is 15.4 Å². The van der Waals surface area contributed by atoms with Crippen molar-refractivity contribution >= 4 is 29.9 Å². The number of benzene rings is 2. The number of guanidine groups is 1. The van der Waals surface area contributed by atoms with Gasteiger partial charge in [0.15, 0.2) is 5.96 Å². The molecule has 9 heteroatoms. The Balaban J connectivity index is 0.00000363. The number of aromatic nitrogens is 2. The fraction of sp³-hybridized carbons (Fsp3) is 0.348. The Morgan fingerprint density at radius 3 is 2.56 bits per heavy atom. The summed E-state index contributed by atoms with van der Waals surface area (Å²) in [5.41, 5.74) is 1.51. The number of rotatable bonds is 10. The molecule has 0 saturated heterocycles. The van der Waals surface area contributed by atoms with Crippen LogP contribution in [0.1, 0.15) is 30.7 Å². The van der Waals surface area contributed by atoms with Crippen LogP contribution in [0.15, 0.2) is 58.0 Å². The predicted molar refractivity (Wildman–Crippen MR) is 134 cm³/mol. The van der Waals surface area contributed by atoms with Gasteiger partial charge in [-0.1, -0.05) is 29.8 Å². The molecule has 2 aromatic carbocycles. The lowest BCUT2D eigenvalue weighted by molar-refractivity contribution is 0.374. The van der Waals surface area contributed by atoms with Gasteiger partial charge in [0.25, 0.3) is 0 Å². The molecule has 0 unspecified atom stereocenters. The maximum atomic E-state index is 13.7. The number of nitrogens with one attached hydrogen (secondary N) is 2. The molecule has 1 aromatic heterocycles. The van der Waals surface area contributed by atoms with Gasteiger partial charge in [-0.2, -0.15) is 4.98 Å². The number of aliphatic imine (C=N–C) groups is 1. The molecule has 0 saturated carbocycles. The summed E-state index contributed by atoms with van der Waals surface area (Å²) in [6.45, 7) is 1.16. The van der Waals surface area contributed by atoms with Gasteiger partial charge in [-0.15, -0.1) is 24.0 Å². The molecule has 0 aliphatic carbocycles. The van der Waals surface area contributed by atoms with E-state index in [-0.39, 0.29) is 29.8 Å². The van der Waals surface area contributed by atoms with Crippen LogP contribution in [0.2, 0.25) is 0 Å². The Hall–Kier alpha value is -2.69. The Morgan fingerprint density at radius 2 is 1.84 bits per heavy atom. The van der Waals surface area contributed by atoms with Gasteiger partial charge in [0.2, 0.25) is 11.7 Å². The molecule has 0 atom stereocenters. The van der Waals surface area contributed by atoms with E-state index in [4.69, 9.17) is 9.26 Å². The van der Waals surface area contributed by atoms with Crippen molar-refractivity contribution in [3.05, 3.63) is 65.8 Å². The molecule has 0 spiro atoms. The van der Waals surface area contributed by atoms with Gasteiger partial charge in [0, 0.05) is 37.7 Å². The molecule has 0 aliphatic heterocycles. The number of halogens is 2. The monoisotopic (exact) mass is 553 g/mol. The molecule has 0 fully saturated rings. The average Bonchev–Trinajstić information content (AvgIpc) is 3.28. The number of methoxy groups -OCH3 is 1. The number of hydrogen-bond acceptors (Lipinski definition) is 5. The van der Waals surface area contributed by atoms with Gasteiger partial charge in [0.05, 0.1) is 7.11 Å². The van der Waals surface area contributed by atoms with Gasteiger partial charge < -0.3 is 19.9 Å². The Morgan fingerprint density at radius 1 is 1.06 bits per heavy atom. The molecule has 0 aliphatic rings. The SMILES string of the molecule is CN=C(NCCCCCc1nc(-c2ccc(OC)cc2)no1)NCc1ccccc1F.I. The Kier molecular flexibility index (Phi) is 10.9. The van der Waals surface area contributed by atoms with Crippen molar-refractivity contribution in [2.45, 2.75) is 32.2 Å². The van der Waals surface area contributed by atoms with E-state index in [2.05, 4.69) is 25.8 Å². The minimum atomic E-state index is -0.221. The first kappa shape index (κ1) is 25.6. The second-order valence-corrected chi connectivity index (χ2v) is 6.99. The third-order valence-electron chi connectivity index (χ3n) is 4.80. The lowest BCUT2D eigenvalue weighted by atomic mass is 10.2. The van der Waals surface area contributed by atoms with Crippen LogP contribution >= 0.6 is 24.0 Å². The summed E-state index contributed by atoms with van der Waals surface area (Å²) in [5, 5.41) is 10.4. The van der Waals surface area contributed by atoms with E-state index >= 15 is 0 Å². The highest BCUT2D eigenvalue weighted by molar-refractivity contribution is 14.0. The summed E-state index contributed by atoms with van der Waals surface area (Å²) >= 11 is 0. The third kappa shape index (κ3) is 7.77. The topological polar surface area (TPSA) is 84.6 Å². The second-order valence-electron chi connectivity index (χ2n) is 6.99. The van der Waals surface area contributed by atoms with Gasteiger partial charge in [-0.05, 0) is 43.2 Å². The summed E-state index contributed by atoms with van der Waals surface area (Å²) in [6.07, 6.45) is 3.67. The van der Waals surface area contributed by atoms with Crippen LogP contribution in [0.25, 0.3) is 11.4 Å². The molecule has 0 radical (unpaired) electrons. The van der Waals surface area contributed by atoms with Gasteiger partial charge in [-0.3, -0.25) is 4.99 Å². The number of aryl methyl sites for hydroxylation is 1. The zero-order valence-electron chi connectivity index (χ0n) is 18.3. The van der Waals surface area contributed by atoms with Gasteiger partial charge in [-0.25, -0.2) is 4.39 Å². The molecular weight excluding hydrogens is 524 g/mol. The highest BCUT2D eigenvalue weighted by Gasteiger charge is 2.08. The zero-order chi connectivity index (χ0) is 21.9. The maximum absolute atomic E-state index is 13.7. The van der Waals surface area contributed by atoms with Gasteiger partial charge >= 0.3 is 0 Å². The van der Waals surface area contributed by atoms with E-state index in [9.17, 15) is 4.39 Å². The summed E-state index contributed by atoms with van der Waals surface area (Å²) in [6, 6.07) is 14.3. The van der Waals surface area contributed by atoms with Crippen molar-refractivity contribution in [3.8, 4) is 17.1 Å². The van der Waals surface area contributed by atoms with Crippen LogP contribution in [0.4, 0.5) is 4.39 Å². The van der Waals surface area contributed by atoms with Crippen molar-refractivity contribution in [2.75, 3.05) is 20.7 Å². The van der Waals surface area contributed by atoms with Crippen LogP contribution in [0.3, 0.4) is 0 Å². The third-order valence-corrected chi connectivity index (χ3v) is 4.80. The number of hydrogen-bond donors (Lipinski definition) is 2. The molecule has 0 amide bonds. The fourth-order valence-corrected chi connectivity index (χ4v) is 3.04. The summed E-state index contributed by atoms with van der Waals surface area (Å²) in [4.78, 5) is 8.63. The molecule has 172 valence electrons.